The van der Waals surface area contributed by atoms with Gasteiger partial charge in [0.25, 0.3) is 0 Å². The fourth-order valence-electron chi connectivity index (χ4n) is 12.1. The second-order valence-corrected chi connectivity index (χ2v) is 21.6. The highest BCUT2D eigenvalue weighted by molar-refractivity contribution is 6.14. The number of hydrogen-bond donors (Lipinski definition) is 0. The van der Waals surface area contributed by atoms with E-state index in [2.05, 4.69) is 104 Å². The average molecular weight is 1060 g/mol. The van der Waals surface area contributed by atoms with Gasteiger partial charge in [-0.05, 0) is 182 Å². The van der Waals surface area contributed by atoms with Crippen LogP contribution in [0.15, 0.2) is 176 Å². The van der Waals surface area contributed by atoms with E-state index in [1.807, 2.05) is 111 Å². The van der Waals surface area contributed by atoms with Crippen LogP contribution in [0.2, 0.25) is 0 Å². The molecular weight excluding hydrogens is 1010 g/mol. The van der Waals surface area contributed by atoms with E-state index in [4.69, 9.17) is 6.57 Å². The Morgan fingerprint density at radius 1 is 0.312 bits per heavy atom. The fraction of sp³-hybridized carbons (Fsp3) is 0.141. The van der Waals surface area contributed by atoms with Crippen molar-refractivity contribution in [3.63, 3.8) is 0 Å². The van der Waals surface area contributed by atoms with E-state index < -0.39 is 23.5 Å². The number of aromatic nitrogens is 2. The van der Waals surface area contributed by atoms with E-state index in [1.54, 1.807) is 12.1 Å². The van der Waals surface area contributed by atoms with Gasteiger partial charge in [-0.25, -0.2) is 4.85 Å². The zero-order chi connectivity index (χ0) is 56.3. The SMILES string of the molecule is [C-]#[N+]c1cc(-n2c3cc(-c4ccc(C)cc4C)ccc3c3ccc(-c4ccc(C)cc4C)cc32)c(-c2cc(C(F)(F)F)cc(C(F)(F)F)c2)cc1-n1c2cc(-c3ccc(C)cc3C)ccc2c2ccc(-c3ccc(C)cc3C)cc21. The van der Waals surface area contributed by atoms with Gasteiger partial charge in [0, 0.05) is 32.8 Å². The molecule has 0 aliphatic rings. The molecule has 0 saturated carbocycles. The van der Waals surface area contributed by atoms with Crippen molar-refractivity contribution >= 4 is 49.3 Å². The van der Waals surface area contributed by atoms with Crippen molar-refractivity contribution in [2.24, 2.45) is 0 Å². The lowest BCUT2D eigenvalue weighted by Gasteiger charge is -2.21. The maximum absolute atomic E-state index is 15.2. The molecule has 9 heteroatoms. The smallest absolute Gasteiger partial charge is 0.319 e. The van der Waals surface area contributed by atoms with Crippen molar-refractivity contribution in [3.8, 4) is 67.0 Å². The first-order valence-electron chi connectivity index (χ1n) is 26.5. The fourth-order valence-corrected chi connectivity index (χ4v) is 12.1. The molecule has 0 saturated heterocycles. The summed E-state index contributed by atoms with van der Waals surface area (Å²) < 4.78 is 95.0. The summed E-state index contributed by atoms with van der Waals surface area (Å²) in [5.74, 6) is 0. The van der Waals surface area contributed by atoms with Gasteiger partial charge in [-0.2, -0.15) is 26.3 Å². The van der Waals surface area contributed by atoms with E-state index >= 15 is 26.3 Å². The van der Waals surface area contributed by atoms with Gasteiger partial charge >= 0.3 is 12.4 Å². The molecule has 0 N–H and O–H groups in total. The first-order valence-corrected chi connectivity index (χ1v) is 26.5. The third-order valence-corrected chi connectivity index (χ3v) is 15.9. The average Bonchev–Trinajstić information content (AvgIpc) is 3.96. The van der Waals surface area contributed by atoms with Gasteiger partial charge in [0.05, 0.1) is 45.5 Å². The number of rotatable bonds is 7. The summed E-state index contributed by atoms with van der Waals surface area (Å²) in [5, 5.41) is 3.31. The van der Waals surface area contributed by atoms with E-state index in [0.29, 0.717) is 22.1 Å². The van der Waals surface area contributed by atoms with Crippen molar-refractivity contribution in [2.75, 3.05) is 0 Å². The van der Waals surface area contributed by atoms with E-state index in [9.17, 15) is 0 Å². The van der Waals surface area contributed by atoms with Crippen LogP contribution in [-0.2, 0) is 12.4 Å². The van der Waals surface area contributed by atoms with Gasteiger partial charge in [0.1, 0.15) is 0 Å². The summed E-state index contributed by atoms with van der Waals surface area (Å²) in [6.45, 7) is 25.4. The number of nitrogens with zero attached hydrogens (tertiary/aromatic N) is 3. The zero-order valence-electron chi connectivity index (χ0n) is 45.4. The normalized spacial score (nSPS) is 12.1. The first-order chi connectivity index (χ1) is 38.1. The summed E-state index contributed by atoms with van der Waals surface area (Å²) in [5.41, 5.74) is 16.1. The Labute approximate surface area is 460 Å². The Morgan fingerprint density at radius 2 is 0.625 bits per heavy atom. The Balaban J connectivity index is 1.25. The molecule has 12 aromatic rings. The number of aryl methyl sites for hydroxylation is 8. The van der Waals surface area contributed by atoms with Gasteiger partial charge in [-0.15, -0.1) is 0 Å². The molecule has 80 heavy (non-hydrogen) atoms. The second-order valence-electron chi connectivity index (χ2n) is 21.6. The minimum atomic E-state index is -5.15. The predicted molar refractivity (Wildman–Crippen MR) is 316 cm³/mol. The molecule has 0 aliphatic heterocycles. The monoisotopic (exact) mass is 1060 g/mol. The van der Waals surface area contributed by atoms with Gasteiger partial charge < -0.3 is 9.13 Å². The van der Waals surface area contributed by atoms with Crippen LogP contribution in [0.1, 0.15) is 55.6 Å². The zero-order valence-corrected chi connectivity index (χ0v) is 45.4. The molecule has 0 fully saturated rings. The van der Waals surface area contributed by atoms with Crippen LogP contribution in [0.4, 0.5) is 32.0 Å². The van der Waals surface area contributed by atoms with Crippen LogP contribution in [0.5, 0.6) is 0 Å². The Bertz CT molecular complexity index is 4360. The number of hydrogen-bond acceptors (Lipinski definition) is 0. The second kappa shape index (κ2) is 19.1. The lowest BCUT2D eigenvalue weighted by atomic mass is 9.95. The largest absolute Gasteiger partial charge is 0.416 e. The van der Waals surface area contributed by atoms with Crippen LogP contribution in [0.25, 0.3) is 115 Å². The molecule has 0 aliphatic carbocycles. The molecule has 3 nitrogen and oxygen atoms in total. The molecule has 2 heterocycles. The predicted octanol–water partition coefficient (Wildman–Crippen LogP) is 21.3. The molecular formula is C71H53F6N3. The molecule has 0 unspecified atom stereocenters. The highest BCUT2D eigenvalue weighted by Gasteiger charge is 2.38. The van der Waals surface area contributed by atoms with Gasteiger partial charge in [0.2, 0.25) is 5.69 Å². The topological polar surface area (TPSA) is 14.2 Å². The molecule has 2 aromatic heterocycles. The highest BCUT2D eigenvalue weighted by atomic mass is 19.4. The summed E-state index contributed by atoms with van der Waals surface area (Å²) in [4.78, 5) is 4.25. The van der Waals surface area contributed by atoms with E-state index in [-0.39, 0.29) is 34.3 Å². The summed E-state index contributed by atoms with van der Waals surface area (Å²) in [6.07, 6.45) is -10.3. The first kappa shape index (κ1) is 51.6. The van der Waals surface area contributed by atoms with Crippen LogP contribution < -0.4 is 0 Å². The standard InChI is InChI=1S/C71H53F6N3/c1-39-10-18-54(43(5)26-39)47-14-22-58-59-23-15-48(55-19-11-40(2)27-44(55)6)33-65(59)79(64(58)32-47)68-38-63(78-9)69(37-62(68)51-30-52(70(72,73)74)36-53(31-51)71(75,76)77)80-66-34-49(56-20-12-41(3)28-45(56)7)16-24-60(66)61-25-17-50(35-67(61)80)57-21-13-42(4)29-46(57)8/h10-38H,1-8H3. The minimum Gasteiger partial charge on any atom is -0.319 e. The Kier molecular flexibility index (Phi) is 12.3. The van der Waals surface area contributed by atoms with Crippen molar-refractivity contribution in [1.29, 1.82) is 0 Å². The van der Waals surface area contributed by atoms with Crippen molar-refractivity contribution in [1.82, 2.24) is 9.13 Å². The summed E-state index contributed by atoms with van der Waals surface area (Å²) in [6, 6.07) is 54.4. The molecule has 10 aromatic carbocycles. The molecule has 0 radical (unpaired) electrons. The molecule has 394 valence electrons. The summed E-state index contributed by atoms with van der Waals surface area (Å²) in [7, 11) is 0. The Morgan fingerprint density at radius 3 is 0.912 bits per heavy atom. The quantitative estimate of drug-likeness (QED) is 0.112. The molecule has 0 bridgehead atoms. The molecule has 0 amide bonds. The van der Waals surface area contributed by atoms with Gasteiger partial charge in [0.15, 0.2) is 0 Å². The number of fused-ring (bicyclic) bond motifs is 6. The minimum absolute atomic E-state index is 0.0581. The third-order valence-electron chi connectivity index (χ3n) is 15.9. The number of alkyl halides is 6. The van der Waals surface area contributed by atoms with Crippen molar-refractivity contribution in [3.05, 3.63) is 243 Å². The Hall–Kier alpha value is -9.13. The lowest BCUT2D eigenvalue weighted by molar-refractivity contribution is -0.143. The van der Waals surface area contributed by atoms with E-state index in [0.717, 1.165) is 123 Å². The molecule has 0 atom stereocenters. The molecule has 12 rings (SSSR count). The van der Waals surface area contributed by atoms with Gasteiger partial charge in [-0.3, -0.25) is 0 Å². The maximum atomic E-state index is 15.2. The lowest BCUT2D eigenvalue weighted by Crippen LogP contribution is -2.11. The van der Waals surface area contributed by atoms with Gasteiger partial charge in [-0.1, -0.05) is 144 Å². The molecule has 0 spiro atoms. The number of halogens is 6. The van der Waals surface area contributed by atoms with Crippen molar-refractivity contribution in [2.45, 2.75) is 67.7 Å². The van der Waals surface area contributed by atoms with E-state index in [1.165, 1.54) is 0 Å². The van der Waals surface area contributed by atoms with Crippen LogP contribution in [-0.4, -0.2) is 9.13 Å². The van der Waals surface area contributed by atoms with Crippen molar-refractivity contribution < 1.29 is 26.3 Å². The van der Waals surface area contributed by atoms with Crippen LogP contribution in [0, 0.1) is 62.0 Å². The third kappa shape index (κ3) is 8.89. The van der Waals surface area contributed by atoms with Crippen LogP contribution >= 0.6 is 0 Å². The maximum Gasteiger partial charge on any atom is 0.416 e. The highest BCUT2D eigenvalue weighted by Crippen LogP contribution is 2.48. The number of benzene rings is 10. The van der Waals surface area contributed by atoms with Crippen LogP contribution in [0.3, 0.4) is 0 Å². The summed E-state index contributed by atoms with van der Waals surface area (Å²) >= 11 is 0.